The molecule has 20 heavy (non-hydrogen) atoms. The Morgan fingerprint density at radius 1 is 1.10 bits per heavy atom. The van der Waals surface area contributed by atoms with Crippen molar-refractivity contribution in [1.82, 2.24) is 4.98 Å². The van der Waals surface area contributed by atoms with Crippen molar-refractivity contribution in [1.29, 1.82) is 0 Å². The van der Waals surface area contributed by atoms with Crippen molar-refractivity contribution in [2.24, 2.45) is 0 Å². The van der Waals surface area contributed by atoms with Crippen LogP contribution in [0.2, 0.25) is 0 Å². The van der Waals surface area contributed by atoms with Crippen molar-refractivity contribution in [3.8, 4) is 17.0 Å². The fourth-order valence-corrected chi connectivity index (χ4v) is 1.89. The van der Waals surface area contributed by atoms with E-state index in [0.29, 0.717) is 13.2 Å². The number of ether oxygens (including phenoxy) is 2. The van der Waals surface area contributed by atoms with Gasteiger partial charge in [-0.15, -0.1) is 0 Å². The molecule has 0 radical (unpaired) electrons. The molecule has 6 heteroatoms. The minimum Gasteiger partial charge on any atom is -0.485 e. The van der Waals surface area contributed by atoms with E-state index in [2.05, 4.69) is 4.98 Å². The van der Waals surface area contributed by atoms with Gasteiger partial charge >= 0.3 is 0 Å². The van der Waals surface area contributed by atoms with E-state index in [1.165, 1.54) is 12.3 Å². The first kappa shape index (κ1) is 12.9. The molecule has 3 nitrogen and oxygen atoms in total. The van der Waals surface area contributed by atoms with Crippen LogP contribution < -0.4 is 4.74 Å². The molecule has 1 saturated heterocycles. The van der Waals surface area contributed by atoms with E-state index in [-0.39, 0.29) is 17.5 Å². The third-order valence-electron chi connectivity index (χ3n) is 2.92. The Kier molecular flexibility index (Phi) is 3.31. The Hall–Kier alpha value is -2.08. The van der Waals surface area contributed by atoms with E-state index in [9.17, 15) is 13.2 Å². The Bertz CT molecular complexity index is 621. The van der Waals surface area contributed by atoms with Gasteiger partial charge in [0.2, 0.25) is 0 Å². The largest absolute Gasteiger partial charge is 0.485 e. The zero-order chi connectivity index (χ0) is 14.1. The second-order valence-corrected chi connectivity index (χ2v) is 4.37. The number of hydrogen-bond donors (Lipinski definition) is 0. The summed E-state index contributed by atoms with van der Waals surface area (Å²) in [6.07, 6.45) is 1.07. The van der Waals surface area contributed by atoms with Crippen LogP contribution in [0.1, 0.15) is 0 Å². The van der Waals surface area contributed by atoms with Crippen LogP contribution in [0.15, 0.2) is 30.5 Å². The molecule has 0 N–H and O–H groups in total. The zero-order valence-corrected chi connectivity index (χ0v) is 10.3. The van der Waals surface area contributed by atoms with Gasteiger partial charge < -0.3 is 9.47 Å². The third-order valence-corrected chi connectivity index (χ3v) is 2.92. The lowest BCUT2D eigenvalue weighted by Gasteiger charge is -2.26. The molecule has 0 aliphatic carbocycles. The van der Waals surface area contributed by atoms with Crippen LogP contribution in [0.25, 0.3) is 11.3 Å². The zero-order valence-electron chi connectivity index (χ0n) is 10.3. The number of rotatable bonds is 3. The standard InChI is InChI=1S/C14H10F3NO2/c15-10-2-1-3-18-14(10)13-11(16)4-8(5-12(13)17)20-9-6-19-7-9/h1-5,9H,6-7H2. The first-order chi connectivity index (χ1) is 9.65. The van der Waals surface area contributed by atoms with E-state index >= 15 is 0 Å². The van der Waals surface area contributed by atoms with E-state index in [4.69, 9.17) is 9.47 Å². The summed E-state index contributed by atoms with van der Waals surface area (Å²) in [6, 6.07) is 4.48. The van der Waals surface area contributed by atoms with Gasteiger partial charge in [-0.25, -0.2) is 13.2 Å². The smallest absolute Gasteiger partial charge is 0.149 e. The summed E-state index contributed by atoms with van der Waals surface area (Å²) >= 11 is 0. The minimum atomic E-state index is -0.919. The summed E-state index contributed by atoms with van der Waals surface area (Å²) in [6.45, 7) is 0.777. The molecule has 104 valence electrons. The average molecular weight is 281 g/mol. The highest BCUT2D eigenvalue weighted by molar-refractivity contribution is 5.62. The van der Waals surface area contributed by atoms with E-state index in [0.717, 1.165) is 18.2 Å². The number of benzene rings is 1. The maximum Gasteiger partial charge on any atom is 0.149 e. The highest BCUT2D eigenvalue weighted by Crippen LogP contribution is 2.30. The molecule has 0 bridgehead atoms. The molecule has 0 amide bonds. The van der Waals surface area contributed by atoms with Gasteiger partial charge in [-0.1, -0.05) is 0 Å². The molecule has 1 aromatic carbocycles. The molecule has 1 aliphatic rings. The number of nitrogens with zero attached hydrogens (tertiary/aromatic N) is 1. The summed E-state index contributed by atoms with van der Waals surface area (Å²) in [7, 11) is 0. The van der Waals surface area contributed by atoms with Crippen molar-refractivity contribution in [3.63, 3.8) is 0 Å². The van der Waals surface area contributed by atoms with Crippen LogP contribution in [0.4, 0.5) is 13.2 Å². The normalized spacial score (nSPS) is 14.9. The molecule has 1 fully saturated rings. The van der Waals surface area contributed by atoms with Gasteiger partial charge in [0, 0.05) is 18.3 Å². The molecule has 0 atom stereocenters. The maximum absolute atomic E-state index is 14.0. The maximum atomic E-state index is 14.0. The molecule has 2 heterocycles. The van der Waals surface area contributed by atoms with Gasteiger partial charge in [0.1, 0.15) is 35.0 Å². The van der Waals surface area contributed by atoms with Gasteiger partial charge in [-0.05, 0) is 12.1 Å². The summed E-state index contributed by atoms with van der Waals surface area (Å²) in [5, 5.41) is 0. The summed E-state index contributed by atoms with van der Waals surface area (Å²) in [4.78, 5) is 3.67. The highest BCUT2D eigenvalue weighted by atomic mass is 19.1. The van der Waals surface area contributed by atoms with Crippen molar-refractivity contribution in [3.05, 3.63) is 47.9 Å². The van der Waals surface area contributed by atoms with Crippen molar-refractivity contribution < 1.29 is 22.6 Å². The van der Waals surface area contributed by atoms with Crippen molar-refractivity contribution in [2.45, 2.75) is 6.10 Å². The first-order valence-electron chi connectivity index (χ1n) is 5.99. The lowest BCUT2D eigenvalue weighted by atomic mass is 10.1. The van der Waals surface area contributed by atoms with Crippen LogP contribution in [-0.2, 0) is 4.74 Å². The quantitative estimate of drug-likeness (QED) is 0.866. The Morgan fingerprint density at radius 3 is 2.35 bits per heavy atom. The topological polar surface area (TPSA) is 31.4 Å². The minimum absolute atomic E-state index is 0.0494. The molecule has 3 rings (SSSR count). The van der Waals surface area contributed by atoms with Gasteiger partial charge in [0.15, 0.2) is 0 Å². The van der Waals surface area contributed by atoms with Gasteiger partial charge in [-0.2, -0.15) is 0 Å². The number of pyridine rings is 1. The predicted octanol–water partition coefficient (Wildman–Crippen LogP) is 2.94. The fourth-order valence-electron chi connectivity index (χ4n) is 1.89. The van der Waals surface area contributed by atoms with Gasteiger partial charge in [-0.3, -0.25) is 4.98 Å². The van der Waals surface area contributed by atoms with Crippen LogP contribution in [0, 0.1) is 17.5 Å². The summed E-state index contributed by atoms with van der Waals surface area (Å²) in [5.41, 5.74) is -0.860. The SMILES string of the molecule is Fc1cccnc1-c1c(F)cc(OC2COC2)cc1F. The van der Waals surface area contributed by atoms with Gasteiger partial charge in [0.25, 0.3) is 0 Å². The highest BCUT2D eigenvalue weighted by Gasteiger charge is 2.23. The van der Waals surface area contributed by atoms with E-state index in [1.54, 1.807) is 0 Å². The summed E-state index contributed by atoms with van der Waals surface area (Å²) in [5.74, 6) is -2.57. The second-order valence-electron chi connectivity index (χ2n) is 4.37. The molecule has 0 saturated carbocycles. The Morgan fingerprint density at radius 2 is 1.80 bits per heavy atom. The molecule has 2 aromatic rings. The van der Waals surface area contributed by atoms with E-state index < -0.39 is 23.0 Å². The molecular weight excluding hydrogens is 271 g/mol. The third kappa shape index (κ3) is 2.34. The monoisotopic (exact) mass is 281 g/mol. The first-order valence-corrected chi connectivity index (χ1v) is 5.99. The van der Waals surface area contributed by atoms with Crippen LogP contribution >= 0.6 is 0 Å². The number of halogens is 3. The molecule has 0 spiro atoms. The number of aromatic nitrogens is 1. The van der Waals surface area contributed by atoms with Crippen LogP contribution in [0.3, 0.4) is 0 Å². The number of hydrogen-bond acceptors (Lipinski definition) is 3. The lowest BCUT2D eigenvalue weighted by Crippen LogP contribution is -2.38. The lowest BCUT2D eigenvalue weighted by molar-refractivity contribution is -0.0798. The van der Waals surface area contributed by atoms with Crippen molar-refractivity contribution in [2.75, 3.05) is 13.2 Å². The van der Waals surface area contributed by atoms with Crippen LogP contribution in [-0.4, -0.2) is 24.3 Å². The average Bonchev–Trinajstić information content (AvgIpc) is 2.35. The summed E-state index contributed by atoms with van der Waals surface area (Å²) < 4.78 is 51.8. The van der Waals surface area contributed by atoms with Crippen LogP contribution in [0.5, 0.6) is 5.75 Å². The van der Waals surface area contributed by atoms with Crippen molar-refractivity contribution >= 4 is 0 Å². The van der Waals surface area contributed by atoms with Gasteiger partial charge in [0.05, 0.1) is 18.8 Å². The Balaban J connectivity index is 1.98. The molecule has 0 unspecified atom stereocenters. The molecular formula is C14H10F3NO2. The molecule has 1 aromatic heterocycles. The second kappa shape index (κ2) is 5.13. The Labute approximate surface area is 113 Å². The molecule has 1 aliphatic heterocycles. The van der Waals surface area contributed by atoms with E-state index in [1.807, 2.05) is 0 Å². The fraction of sp³-hybridized carbons (Fsp3) is 0.214. The predicted molar refractivity (Wildman–Crippen MR) is 64.8 cm³/mol.